The summed E-state index contributed by atoms with van der Waals surface area (Å²) < 4.78 is 25.0. The molecule has 0 unspecified atom stereocenters. The molecule has 0 atom stereocenters. The Labute approximate surface area is 178 Å². The molecule has 1 fully saturated rings. The van der Waals surface area contributed by atoms with E-state index in [0.29, 0.717) is 44.1 Å². The first kappa shape index (κ1) is 23.6. The summed E-state index contributed by atoms with van der Waals surface area (Å²) in [6.45, 7) is 2.19. The Bertz CT molecular complexity index is 755. The molecule has 1 aromatic carbocycles. The molecule has 1 aliphatic rings. The van der Waals surface area contributed by atoms with Crippen LogP contribution in [0.1, 0.15) is 22.3 Å². The fraction of sp³-hybridized carbons (Fsp3) is 0.529. The zero-order valence-electron chi connectivity index (χ0n) is 15.7. The Balaban J connectivity index is 0.00000364. The lowest BCUT2D eigenvalue weighted by atomic mass is 10.1. The van der Waals surface area contributed by atoms with Crippen LogP contribution in [0.4, 0.5) is 0 Å². The summed E-state index contributed by atoms with van der Waals surface area (Å²) in [5.74, 6) is 0.771. The standard InChI is InChI=1S/C17H27N5O3S.HI/c1-18-16(23)15-6-3-5-14(13-15)7-8-20-17(19-2)21-9-11-22-10-4-12-26(22,24)25;/h3,5-6,13H,4,7-12H2,1-2H3,(H,18,23)(H2,19,20,21);1H. The van der Waals surface area contributed by atoms with E-state index in [1.807, 2.05) is 18.2 Å². The molecule has 1 heterocycles. The maximum absolute atomic E-state index is 11.8. The number of carbonyl (C=O) groups excluding carboxylic acids is 1. The van der Waals surface area contributed by atoms with Crippen LogP contribution in [-0.2, 0) is 16.4 Å². The van der Waals surface area contributed by atoms with Gasteiger partial charge in [0, 0.05) is 45.8 Å². The van der Waals surface area contributed by atoms with Crippen LogP contribution >= 0.6 is 24.0 Å². The predicted octanol–water partition coefficient (Wildman–Crippen LogP) is 0.407. The van der Waals surface area contributed by atoms with Gasteiger partial charge in [-0.3, -0.25) is 9.79 Å². The number of sulfonamides is 1. The van der Waals surface area contributed by atoms with Crippen LogP contribution in [0.5, 0.6) is 0 Å². The predicted molar refractivity (Wildman–Crippen MR) is 118 cm³/mol. The maximum atomic E-state index is 11.8. The third-order valence-corrected chi connectivity index (χ3v) is 6.16. The summed E-state index contributed by atoms with van der Waals surface area (Å²) in [5.41, 5.74) is 1.69. The van der Waals surface area contributed by atoms with Gasteiger partial charge in [0.2, 0.25) is 10.0 Å². The molecule has 0 aliphatic carbocycles. The van der Waals surface area contributed by atoms with Crippen molar-refractivity contribution >= 4 is 45.9 Å². The molecule has 152 valence electrons. The van der Waals surface area contributed by atoms with Crippen molar-refractivity contribution < 1.29 is 13.2 Å². The van der Waals surface area contributed by atoms with E-state index in [1.165, 1.54) is 4.31 Å². The highest BCUT2D eigenvalue weighted by Gasteiger charge is 2.27. The number of guanidine groups is 1. The van der Waals surface area contributed by atoms with Crippen molar-refractivity contribution in [1.82, 2.24) is 20.3 Å². The van der Waals surface area contributed by atoms with Crippen LogP contribution in [0.15, 0.2) is 29.3 Å². The molecule has 10 heteroatoms. The van der Waals surface area contributed by atoms with Crippen molar-refractivity contribution in [2.75, 3.05) is 46.0 Å². The van der Waals surface area contributed by atoms with E-state index >= 15 is 0 Å². The summed E-state index contributed by atoms with van der Waals surface area (Å²) in [5, 5.41) is 8.94. The Hall–Kier alpha value is -1.40. The highest BCUT2D eigenvalue weighted by molar-refractivity contribution is 14.0. The Morgan fingerprint density at radius 1 is 1.26 bits per heavy atom. The number of amides is 1. The van der Waals surface area contributed by atoms with Gasteiger partial charge in [-0.15, -0.1) is 24.0 Å². The number of nitrogens with one attached hydrogen (secondary N) is 3. The smallest absolute Gasteiger partial charge is 0.251 e. The monoisotopic (exact) mass is 509 g/mol. The lowest BCUT2D eigenvalue weighted by Crippen LogP contribution is -2.42. The number of carbonyl (C=O) groups is 1. The molecule has 0 spiro atoms. The molecule has 0 saturated carbocycles. The summed E-state index contributed by atoms with van der Waals surface area (Å²) in [6.07, 6.45) is 1.44. The lowest BCUT2D eigenvalue weighted by Gasteiger charge is -2.16. The number of halogens is 1. The van der Waals surface area contributed by atoms with Crippen molar-refractivity contribution in [1.29, 1.82) is 0 Å². The van der Waals surface area contributed by atoms with Gasteiger partial charge in [-0.05, 0) is 30.5 Å². The molecule has 1 saturated heterocycles. The second-order valence-corrected chi connectivity index (χ2v) is 8.11. The van der Waals surface area contributed by atoms with Crippen LogP contribution in [-0.4, -0.2) is 70.6 Å². The second kappa shape index (κ2) is 11.4. The van der Waals surface area contributed by atoms with E-state index in [9.17, 15) is 13.2 Å². The van der Waals surface area contributed by atoms with Crippen LogP contribution in [0.2, 0.25) is 0 Å². The molecular formula is C17H28IN5O3S. The van der Waals surface area contributed by atoms with E-state index < -0.39 is 10.0 Å². The highest BCUT2D eigenvalue weighted by Crippen LogP contribution is 2.11. The molecule has 0 radical (unpaired) electrons. The molecule has 1 aromatic rings. The van der Waals surface area contributed by atoms with Crippen molar-refractivity contribution in [3.05, 3.63) is 35.4 Å². The molecule has 8 nitrogen and oxygen atoms in total. The van der Waals surface area contributed by atoms with Gasteiger partial charge in [-0.25, -0.2) is 12.7 Å². The Morgan fingerprint density at radius 3 is 2.63 bits per heavy atom. The Morgan fingerprint density at radius 2 is 2.00 bits per heavy atom. The van der Waals surface area contributed by atoms with Gasteiger partial charge < -0.3 is 16.0 Å². The number of nitrogens with zero attached hydrogens (tertiary/aromatic N) is 2. The average Bonchev–Trinajstić information content (AvgIpc) is 2.98. The number of rotatable bonds is 7. The van der Waals surface area contributed by atoms with Crippen LogP contribution < -0.4 is 16.0 Å². The topological polar surface area (TPSA) is 103 Å². The quantitative estimate of drug-likeness (QED) is 0.281. The number of aliphatic imine (C=N–C) groups is 1. The molecule has 27 heavy (non-hydrogen) atoms. The van der Waals surface area contributed by atoms with Crippen molar-refractivity contribution in [3.8, 4) is 0 Å². The maximum Gasteiger partial charge on any atom is 0.251 e. The van der Waals surface area contributed by atoms with E-state index in [-0.39, 0.29) is 35.6 Å². The van der Waals surface area contributed by atoms with Gasteiger partial charge in [0.1, 0.15) is 0 Å². The second-order valence-electron chi connectivity index (χ2n) is 6.02. The molecule has 0 aromatic heterocycles. The number of benzene rings is 1. The van der Waals surface area contributed by atoms with Gasteiger partial charge >= 0.3 is 0 Å². The van der Waals surface area contributed by atoms with Gasteiger partial charge in [0.15, 0.2) is 5.96 Å². The largest absolute Gasteiger partial charge is 0.356 e. The summed E-state index contributed by atoms with van der Waals surface area (Å²) in [4.78, 5) is 15.8. The van der Waals surface area contributed by atoms with Crippen LogP contribution in [0.25, 0.3) is 0 Å². The van der Waals surface area contributed by atoms with E-state index in [4.69, 9.17) is 0 Å². The number of hydrogen-bond donors (Lipinski definition) is 3. The van der Waals surface area contributed by atoms with Crippen molar-refractivity contribution in [2.24, 2.45) is 4.99 Å². The average molecular weight is 509 g/mol. The zero-order chi connectivity index (χ0) is 19.0. The SMILES string of the molecule is CN=C(NCCc1cccc(C(=O)NC)c1)NCCN1CCCS1(=O)=O.I. The highest BCUT2D eigenvalue weighted by atomic mass is 127. The third kappa shape index (κ3) is 7.26. The fourth-order valence-corrected chi connectivity index (χ4v) is 4.33. The lowest BCUT2D eigenvalue weighted by molar-refractivity contribution is 0.0963. The minimum atomic E-state index is -3.06. The minimum Gasteiger partial charge on any atom is -0.356 e. The van der Waals surface area contributed by atoms with Crippen LogP contribution in [0, 0.1) is 0 Å². The molecular weight excluding hydrogens is 481 g/mol. The first-order valence-corrected chi connectivity index (χ1v) is 10.3. The molecule has 0 bridgehead atoms. The Kier molecular flexibility index (Phi) is 10.0. The van der Waals surface area contributed by atoms with Gasteiger partial charge in [0.05, 0.1) is 5.75 Å². The van der Waals surface area contributed by atoms with Gasteiger partial charge in [0.25, 0.3) is 5.91 Å². The first-order chi connectivity index (χ1) is 12.5. The van der Waals surface area contributed by atoms with E-state index in [0.717, 1.165) is 12.0 Å². The minimum absolute atomic E-state index is 0. The fourth-order valence-electron chi connectivity index (χ4n) is 2.80. The summed E-state index contributed by atoms with van der Waals surface area (Å²) >= 11 is 0. The third-order valence-electron chi connectivity index (χ3n) is 4.20. The molecule has 1 aliphatic heterocycles. The van der Waals surface area contributed by atoms with Gasteiger partial charge in [-0.1, -0.05) is 12.1 Å². The van der Waals surface area contributed by atoms with Crippen molar-refractivity contribution in [2.45, 2.75) is 12.8 Å². The van der Waals surface area contributed by atoms with E-state index in [2.05, 4.69) is 20.9 Å². The zero-order valence-corrected chi connectivity index (χ0v) is 18.8. The summed E-state index contributed by atoms with van der Waals surface area (Å²) in [6, 6.07) is 7.49. The first-order valence-electron chi connectivity index (χ1n) is 8.69. The van der Waals surface area contributed by atoms with Gasteiger partial charge in [-0.2, -0.15) is 0 Å². The van der Waals surface area contributed by atoms with Crippen molar-refractivity contribution in [3.63, 3.8) is 0 Å². The summed E-state index contributed by atoms with van der Waals surface area (Å²) in [7, 11) is 0.228. The molecule has 3 N–H and O–H groups in total. The molecule has 2 rings (SSSR count). The van der Waals surface area contributed by atoms with Crippen LogP contribution in [0.3, 0.4) is 0 Å². The number of hydrogen-bond acceptors (Lipinski definition) is 4. The molecule has 1 amide bonds. The normalized spacial score (nSPS) is 16.4. The van der Waals surface area contributed by atoms with E-state index in [1.54, 1.807) is 20.2 Å².